The van der Waals surface area contributed by atoms with Crippen molar-refractivity contribution in [3.8, 4) is 17.2 Å². The van der Waals surface area contributed by atoms with Crippen molar-refractivity contribution in [1.29, 1.82) is 0 Å². The molecule has 10 nitrogen and oxygen atoms in total. The molecule has 1 aromatic heterocycles. The van der Waals surface area contributed by atoms with Gasteiger partial charge in [-0.25, -0.2) is 9.79 Å². The Bertz CT molecular complexity index is 2260. The van der Waals surface area contributed by atoms with Crippen LogP contribution in [0.15, 0.2) is 118 Å². The Morgan fingerprint density at radius 1 is 0.902 bits per heavy atom. The number of carbonyl (C=O) groups is 2. The molecule has 1 atom stereocenters. The summed E-state index contributed by atoms with van der Waals surface area (Å²) in [6, 6.07) is 28.3. The molecule has 0 fully saturated rings. The van der Waals surface area contributed by atoms with E-state index >= 15 is 0 Å². The molecular weight excluding hydrogens is 667 g/mol. The van der Waals surface area contributed by atoms with Gasteiger partial charge >= 0.3 is 5.97 Å². The fourth-order valence-electron chi connectivity index (χ4n) is 5.77. The molecule has 0 saturated heterocycles. The number of nitrogens with one attached hydrogen (secondary N) is 1. The number of hydrogen-bond acceptors (Lipinski definition) is 9. The van der Waals surface area contributed by atoms with Crippen molar-refractivity contribution in [2.24, 2.45) is 4.99 Å². The molecule has 0 bridgehead atoms. The average Bonchev–Trinajstić information content (AvgIpc) is 3.44. The van der Waals surface area contributed by atoms with Gasteiger partial charge < -0.3 is 24.3 Å². The second-order valence-electron chi connectivity index (χ2n) is 11.5. The number of aromatic nitrogens is 1. The van der Waals surface area contributed by atoms with E-state index in [-0.39, 0.29) is 24.0 Å². The summed E-state index contributed by atoms with van der Waals surface area (Å²) in [7, 11) is 1.55. The van der Waals surface area contributed by atoms with Crippen LogP contribution in [0.2, 0.25) is 0 Å². The number of para-hydroxylation sites is 2. The van der Waals surface area contributed by atoms with Gasteiger partial charge in [0.25, 0.3) is 11.5 Å². The third-order valence-corrected chi connectivity index (χ3v) is 9.15. The fourth-order valence-corrected chi connectivity index (χ4v) is 6.81. The third-order valence-electron chi connectivity index (χ3n) is 8.17. The molecule has 5 aromatic rings. The van der Waals surface area contributed by atoms with Crippen LogP contribution >= 0.6 is 11.3 Å². The third kappa shape index (κ3) is 7.63. The Balaban J connectivity index is 1.39. The van der Waals surface area contributed by atoms with E-state index in [4.69, 9.17) is 23.9 Å². The minimum Gasteiger partial charge on any atom is -0.494 e. The maximum absolute atomic E-state index is 14.4. The smallest absolute Gasteiger partial charge is 0.338 e. The predicted molar refractivity (Wildman–Crippen MR) is 196 cm³/mol. The Hall–Kier alpha value is -5.94. The molecule has 1 aliphatic heterocycles. The van der Waals surface area contributed by atoms with Gasteiger partial charge in [-0.3, -0.25) is 14.2 Å². The number of amides is 1. The highest BCUT2D eigenvalue weighted by molar-refractivity contribution is 7.07. The Morgan fingerprint density at radius 2 is 1.65 bits per heavy atom. The van der Waals surface area contributed by atoms with E-state index in [1.165, 1.54) is 11.3 Å². The summed E-state index contributed by atoms with van der Waals surface area (Å²) in [6.07, 6.45) is 1.75. The van der Waals surface area contributed by atoms with Gasteiger partial charge in [0.05, 0.1) is 47.7 Å². The van der Waals surface area contributed by atoms with Gasteiger partial charge in [-0.1, -0.05) is 65.9 Å². The summed E-state index contributed by atoms with van der Waals surface area (Å²) in [5.74, 6) is 0.881. The lowest BCUT2D eigenvalue weighted by Gasteiger charge is -2.25. The van der Waals surface area contributed by atoms with Crippen LogP contribution in [0.25, 0.3) is 6.08 Å². The van der Waals surface area contributed by atoms with Gasteiger partial charge in [0, 0.05) is 11.3 Å². The maximum atomic E-state index is 14.4. The highest BCUT2D eigenvalue weighted by Gasteiger charge is 2.32. The summed E-state index contributed by atoms with van der Waals surface area (Å²) in [5.41, 5.74) is 3.83. The number of rotatable bonds is 12. The van der Waals surface area contributed by atoms with E-state index in [1.54, 1.807) is 74.1 Å². The minimum atomic E-state index is -0.749. The van der Waals surface area contributed by atoms with Gasteiger partial charge in [0.2, 0.25) is 0 Å². The van der Waals surface area contributed by atoms with E-state index in [2.05, 4.69) is 5.32 Å². The molecule has 0 saturated carbocycles. The van der Waals surface area contributed by atoms with Crippen LogP contribution in [0.3, 0.4) is 0 Å². The molecule has 0 unspecified atom stereocenters. The van der Waals surface area contributed by atoms with Crippen molar-refractivity contribution in [2.75, 3.05) is 25.6 Å². The number of nitrogens with zero attached hydrogens (tertiary/aromatic N) is 2. The second-order valence-corrected chi connectivity index (χ2v) is 12.5. The molecule has 6 rings (SSSR count). The van der Waals surface area contributed by atoms with Crippen LogP contribution in [-0.2, 0) is 16.1 Å². The predicted octanol–water partition coefficient (Wildman–Crippen LogP) is 6.04. The molecule has 4 aromatic carbocycles. The van der Waals surface area contributed by atoms with E-state index in [0.717, 1.165) is 11.1 Å². The number of carbonyl (C=O) groups excluding carboxylic acids is 2. The largest absolute Gasteiger partial charge is 0.494 e. The Kier molecular flexibility index (Phi) is 10.8. The standard InChI is InChI=1S/C40H37N3O7S/c1-5-48-31-21-19-27(20-22-31)35-34(37(44)42-30-12-8-7-9-13-30)25(3)41-40-43(35)38(45)33(51-40)23-29-11-10-14-32(47-4)36(29)50-24-26-15-17-28(18-16-26)39(46)49-6-2/h7-23,35H,5-6,24H2,1-4H3,(H,42,44)/b33-23-/t35-/m1/s1. The number of benzene rings is 4. The monoisotopic (exact) mass is 703 g/mol. The first-order chi connectivity index (χ1) is 24.8. The van der Waals surface area contributed by atoms with Crippen molar-refractivity contribution in [1.82, 2.24) is 4.57 Å². The number of thiazole rings is 1. The number of allylic oxidation sites excluding steroid dienone is 1. The molecule has 260 valence electrons. The van der Waals surface area contributed by atoms with E-state index in [0.29, 0.717) is 67.9 Å². The number of anilines is 1. The topological polar surface area (TPSA) is 117 Å². The van der Waals surface area contributed by atoms with Crippen LogP contribution in [0.5, 0.6) is 17.2 Å². The molecule has 1 amide bonds. The lowest BCUT2D eigenvalue weighted by molar-refractivity contribution is -0.113. The van der Waals surface area contributed by atoms with Crippen LogP contribution in [0.1, 0.15) is 53.9 Å². The van der Waals surface area contributed by atoms with Gasteiger partial charge in [-0.05, 0) is 80.4 Å². The van der Waals surface area contributed by atoms with E-state index in [9.17, 15) is 14.4 Å². The fraction of sp³-hybridized carbons (Fsp3) is 0.200. The Morgan fingerprint density at radius 3 is 2.33 bits per heavy atom. The highest BCUT2D eigenvalue weighted by atomic mass is 32.1. The van der Waals surface area contributed by atoms with Crippen molar-refractivity contribution in [2.45, 2.75) is 33.4 Å². The van der Waals surface area contributed by atoms with E-state index < -0.39 is 6.04 Å². The van der Waals surface area contributed by atoms with Crippen molar-refractivity contribution in [3.63, 3.8) is 0 Å². The first kappa shape index (κ1) is 34.9. The summed E-state index contributed by atoms with van der Waals surface area (Å²) >= 11 is 1.23. The summed E-state index contributed by atoms with van der Waals surface area (Å²) < 4.78 is 24.6. The molecule has 0 spiro atoms. The first-order valence-corrected chi connectivity index (χ1v) is 17.3. The van der Waals surface area contributed by atoms with Crippen molar-refractivity contribution in [3.05, 3.63) is 150 Å². The molecule has 1 aliphatic rings. The van der Waals surface area contributed by atoms with Gasteiger partial charge in [0.1, 0.15) is 12.4 Å². The zero-order valence-corrected chi connectivity index (χ0v) is 29.5. The number of esters is 1. The zero-order chi connectivity index (χ0) is 35.9. The van der Waals surface area contributed by atoms with Crippen molar-refractivity contribution < 1.29 is 28.5 Å². The molecule has 2 heterocycles. The highest BCUT2D eigenvalue weighted by Crippen LogP contribution is 2.34. The number of fused-ring (bicyclic) bond motifs is 1. The van der Waals surface area contributed by atoms with Crippen LogP contribution in [0, 0.1) is 0 Å². The van der Waals surface area contributed by atoms with Gasteiger partial charge in [-0.2, -0.15) is 0 Å². The second kappa shape index (κ2) is 15.7. The lowest BCUT2D eigenvalue weighted by Crippen LogP contribution is -2.40. The molecule has 0 radical (unpaired) electrons. The summed E-state index contributed by atoms with van der Waals surface area (Å²) in [4.78, 5) is 45.6. The van der Waals surface area contributed by atoms with Crippen LogP contribution in [-0.4, -0.2) is 36.8 Å². The van der Waals surface area contributed by atoms with Gasteiger partial charge in [-0.15, -0.1) is 0 Å². The number of ether oxygens (including phenoxy) is 4. The zero-order valence-electron chi connectivity index (χ0n) is 28.7. The van der Waals surface area contributed by atoms with Crippen LogP contribution in [0.4, 0.5) is 5.69 Å². The number of methoxy groups -OCH3 is 1. The maximum Gasteiger partial charge on any atom is 0.338 e. The molecule has 0 aliphatic carbocycles. The number of hydrogen-bond donors (Lipinski definition) is 1. The Labute approximate surface area is 298 Å². The first-order valence-electron chi connectivity index (χ1n) is 16.5. The SMILES string of the molecule is CCOC(=O)c1ccc(COc2c(/C=c3\sc4n(c3=O)[C@H](c3ccc(OCC)cc3)C(C(=O)Nc3ccccc3)=C(C)N=4)cccc2OC)cc1. The molecule has 1 N–H and O–H groups in total. The summed E-state index contributed by atoms with van der Waals surface area (Å²) in [5, 5.41) is 2.98. The average molecular weight is 704 g/mol. The normalized spacial score (nSPS) is 14.0. The lowest BCUT2D eigenvalue weighted by atomic mass is 9.95. The van der Waals surface area contributed by atoms with Crippen molar-refractivity contribution >= 4 is 35.0 Å². The molecular formula is C40H37N3O7S. The minimum absolute atomic E-state index is 0.183. The quantitative estimate of drug-likeness (QED) is 0.158. The van der Waals surface area contributed by atoms with Crippen LogP contribution < -0.4 is 34.4 Å². The summed E-state index contributed by atoms with van der Waals surface area (Å²) in [6.45, 7) is 6.44. The van der Waals surface area contributed by atoms with E-state index in [1.807, 2.05) is 61.5 Å². The molecule has 11 heteroatoms. The van der Waals surface area contributed by atoms with Gasteiger partial charge in [0.15, 0.2) is 16.3 Å². The molecule has 51 heavy (non-hydrogen) atoms.